The second-order valence-electron chi connectivity index (χ2n) is 8.34. The van der Waals surface area contributed by atoms with Crippen molar-refractivity contribution in [1.29, 1.82) is 0 Å². The lowest BCUT2D eigenvalue weighted by Gasteiger charge is -2.43. The van der Waals surface area contributed by atoms with Crippen LogP contribution in [-0.4, -0.2) is 29.7 Å². The number of hydrogen-bond acceptors (Lipinski definition) is 3. The summed E-state index contributed by atoms with van der Waals surface area (Å²) in [6.45, 7) is 21.9. The van der Waals surface area contributed by atoms with E-state index in [0.717, 1.165) is 24.2 Å². The molecule has 25 heavy (non-hydrogen) atoms. The SMILES string of the molecule is CCC(C)C(C)C(C)CC.CCC1O[C@@H](C)C(C)C(C)[C@@H]1O[C@@H](C)O. The lowest BCUT2D eigenvalue weighted by Crippen LogP contribution is -2.50. The van der Waals surface area contributed by atoms with E-state index < -0.39 is 6.29 Å². The summed E-state index contributed by atoms with van der Waals surface area (Å²) < 4.78 is 11.5. The molecular weight excluding hydrogens is 312 g/mol. The van der Waals surface area contributed by atoms with E-state index in [9.17, 15) is 5.11 Å². The average Bonchev–Trinajstić information content (AvgIpc) is 2.60. The third kappa shape index (κ3) is 7.97. The monoisotopic (exact) mass is 358 g/mol. The Morgan fingerprint density at radius 2 is 1.36 bits per heavy atom. The van der Waals surface area contributed by atoms with Crippen molar-refractivity contribution in [3.63, 3.8) is 0 Å². The summed E-state index contributed by atoms with van der Waals surface area (Å²) in [7, 11) is 0. The standard InChI is InChI=1S/C12H24O3.C10H22/c1-6-11-12(15-10(5)13)8(3)7(2)9(4)14-11;1-6-8(3)10(5)9(4)7-2/h7-13H,6H2,1-5H3;8-10H,6-7H2,1-5H3/t7?,8?,9-,10-,11?,12-;/m0./s1. The molecule has 0 radical (unpaired) electrons. The van der Waals surface area contributed by atoms with Gasteiger partial charge in [-0.15, -0.1) is 0 Å². The molecule has 0 saturated carbocycles. The minimum atomic E-state index is -0.712. The highest BCUT2D eigenvalue weighted by atomic mass is 16.6. The molecule has 3 nitrogen and oxygen atoms in total. The van der Waals surface area contributed by atoms with Gasteiger partial charge in [0, 0.05) is 0 Å². The Morgan fingerprint density at radius 1 is 0.880 bits per heavy atom. The summed E-state index contributed by atoms with van der Waals surface area (Å²) >= 11 is 0. The van der Waals surface area contributed by atoms with Crippen LogP contribution in [0.1, 0.15) is 88.5 Å². The summed E-state index contributed by atoms with van der Waals surface area (Å²) in [6, 6.07) is 0. The number of aliphatic hydroxyl groups is 1. The average molecular weight is 359 g/mol. The fraction of sp³-hybridized carbons (Fsp3) is 1.00. The van der Waals surface area contributed by atoms with Crippen LogP contribution in [0.25, 0.3) is 0 Å². The summed E-state index contributed by atoms with van der Waals surface area (Å²) in [5.41, 5.74) is 0. The molecule has 1 aliphatic heterocycles. The molecule has 1 N–H and O–H groups in total. The second kappa shape index (κ2) is 12.3. The van der Waals surface area contributed by atoms with E-state index in [-0.39, 0.29) is 18.3 Å². The number of ether oxygens (including phenoxy) is 2. The predicted octanol–water partition coefficient (Wildman–Crippen LogP) is 5.89. The van der Waals surface area contributed by atoms with Crippen molar-refractivity contribution in [3.8, 4) is 0 Å². The summed E-state index contributed by atoms with van der Waals surface area (Å²) in [4.78, 5) is 0. The zero-order valence-electron chi connectivity index (χ0n) is 18.6. The molecule has 0 aromatic heterocycles. The Kier molecular flexibility index (Phi) is 12.2. The molecule has 1 fully saturated rings. The molecule has 0 spiro atoms. The molecule has 1 heterocycles. The first-order valence-corrected chi connectivity index (χ1v) is 10.6. The molecule has 1 saturated heterocycles. The summed E-state index contributed by atoms with van der Waals surface area (Å²) in [6.07, 6.45) is 3.27. The van der Waals surface area contributed by atoms with Gasteiger partial charge >= 0.3 is 0 Å². The van der Waals surface area contributed by atoms with Crippen LogP contribution in [0.4, 0.5) is 0 Å². The maximum absolute atomic E-state index is 9.31. The van der Waals surface area contributed by atoms with Gasteiger partial charge in [0.15, 0.2) is 6.29 Å². The van der Waals surface area contributed by atoms with E-state index in [1.54, 1.807) is 6.92 Å². The van der Waals surface area contributed by atoms with Gasteiger partial charge in [0.2, 0.25) is 0 Å². The zero-order chi connectivity index (χ0) is 19.7. The van der Waals surface area contributed by atoms with Crippen molar-refractivity contribution in [3.05, 3.63) is 0 Å². The van der Waals surface area contributed by atoms with Gasteiger partial charge in [-0.25, -0.2) is 0 Å². The first-order chi connectivity index (χ1) is 11.6. The normalized spacial score (nSPS) is 34.4. The van der Waals surface area contributed by atoms with Gasteiger partial charge < -0.3 is 14.6 Å². The molecule has 1 rings (SSSR count). The lowest BCUT2D eigenvalue weighted by molar-refractivity contribution is -0.229. The van der Waals surface area contributed by atoms with Crippen LogP contribution in [0.2, 0.25) is 0 Å². The van der Waals surface area contributed by atoms with Crippen LogP contribution in [0, 0.1) is 29.6 Å². The fourth-order valence-corrected chi connectivity index (χ4v) is 3.61. The Labute approximate surface area is 157 Å². The Balaban J connectivity index is 0.000000504. The highest BCUT2D eigenvalue weighted by Gasteiger charge is 2.39. The molecule has 1 aliphatic rings. The summed E-state index contributed by atoms with van der Waals surface area (Å²) in [5, 5.41) is 9.31. The van der Waals surface area contributed by atoms with E-state index in [4.69, 9.17) is 9.47 Å². The van der Waals surface area contributed by atoms with Crippen LogP contribution < -0.4 is 0 Å². The van der Waals surface area contributed by atoms with Gasteiger partial charge in [-0.05, 0) is 49.9 Å². The topological polar surface area (TPSA) is 38.7 Å². The van der Waals surface area contributed by atoms with E-state index in [1.807, 2.05) is 0 Å². The van der Waals surface area contributed by atoms with Crippen LogP contribution >= 0.6 is 0 Å². The van der Waals surface area contributed by atoms with Crippen molar-refractivity contribution in [1.82, 2.24) is 0 Å². The zero-order valence-corrected chi connectivity index (χ0v) is 18.6. The fourth-order valence-electron chi connectivity index (χ4n) is 3.61. The van der Waals surface area contributed by atoms with Crippen molar-refractivity contribution in [2.75, 3.05) is 0 Å². The first-order valence-electron chi connectivity index (χ1n) is 10.6. The van der Waals surface area contributed by atoms with E-state index in [0.29, 0.717) is 11.8 Å². The molecule has 8 atom stereocenters. The minimum absolute atomic E-state index is 0.0150. The maximum atomic E-state index is 9.31. The molecule has 0 amide bonds. The number of aliphatic hydroxyl groups excluding tert-OH is 1. The van der Waals surface area contributed by atoms with Gasteiger partial charge in [-0.1, -0.05) is 68.2 Å². The van der Waals surface area contributed by atoms with Crippen molar-refractivity contribution >= 4 is 0 Å². The highest BCUT2D eigenvalue weighted by molar-refractivity contribution is 4.87. The quantitative estimate of drug-likeness (QED) is 0.576. The van der Waals surface area contributed by atoms with Crippen molar-refractivity contribution in [2.24, 2.45) is 29.6 Å². The van der Waals surface area contributed by atoms with Crippen LogP contribution in [0.5, 0.6) is 0 Å². The highest BCUT2D eigenvalue weighted by Crippen LogP contribution is 2.34. The Morgan fingerprint density at radius 3 is 1.72 bits per heavy atom. The van der Waals surface area contributed by atoms with Crippen molar-refractivity contribution < 1.29 is 14.6 Å². The van der Waals surface area contributed by atoms with E-state index >= 15 is 0 Å². The van der Waals surface area contributed by atoms with Crippen LogP contribution in [0.3, 0.4) is 0 Å². The second-order valence-corrected chi connectivity index (χ2v) is 8.34. The van der Waals surface area contributed by atoms with Gasteiger partial charge in [-0.3, -0.25) is 0 Å². The van der Waals surface area contributed by atoms with E-state index in [1.165, 1.54) is 12.8 Å². The third-order valence-corrected chi connectivity index (χ3v) is 6.68. The molecule has 0 aliphatic carbocycles. The van der Waals surface area contributed by atoms with E-state index in [2.05, 4.69) is 62.3 Å². The summed E-state index contributed by atoms with van der Waals surface area (Å²) in [5.74, 6) is 3.59. The smallest absolute Gasteiger partial charge is 0.152 e. The van der Waals surface area contributed by atoms with Crippen molar-refractivity contribution in [2.45, 2.75) is 113 Å². The van der Waals surface area contributed by atoms with Crippen LogP contribution in [-0.2, 0) is 9.47 Å². The number of hydrogen-bond donors (Lipinski definition) is 1. The largest absolute Gasteiger partial charge is 0.372 e. The number of rotatable bonds is 7. The Bertz CT molecular complexity index is 319. The molecule has 152 valence electrons. The predicted molar refractivity (Wildman–Crippen MR) is 108 cm³/mol. The minimum Gasteiger partial charge on any atom is -0.372 e. The Hall–Kier alpha value is -0.120. The molecule has 0 aromatic rings. The van der Waals surface area contributed by atoms with Gasteiger partial charge in [-0.2, -0.15) is 0 Å². The molecule has 5 unspecified atom stereocenters. The van der Waals surface area contributed by atoms with Gasteiger partial charge in [0.05, 0.1) is 18.3 Å². The first kappa shape index (κ1) is 24.9. The van der Waals surface area contributed by atoms with Gasteiger partial charge in [0.1, 0.15) is 0 Å². The van der Waals surface area contributed by atoms with Gasteiger partial charge in [0.25, 0.3) is 0 Å². The third-order valence-electron chi connectivity index (χ3n) is 6.68. The lowest BCUT2D eigenvalue weighted by atomic mass is 9.81. The van der Waals surface area contributed by atoms with Crippen LogP contribution in [0.15, 0.2) is 0 Å². The molecule has 0 bridgehead atoms. The molecule has 0 aromatic carbocycles. The maximum Gasteiger partial charge on any atom is 0.152 e. The molecular formula is C22H46O3. The molecule has 3 heteroatoms.